The molecule has 0 radical (unpaired) electrons. The van der Waals surface area contributed by atoms with Crippen LogP contribution < -0.4 is 0 Å². The summed E-state index contributed by atoms with van der Waals surface area (Å²) in [6, 6.07) is 5.41. The van der Waals surface area contributed by atoms with Gasteiger partial charge in [-0.3, -0.25) is 4.55 Å². The summed E-state index contributed by atoms with van der Waals surface area (Å²) >= 11 is 4.70. The fraction of sp³-hybridized carbons (Fsp3) is 0. The van der Waals surface area contributed by atoms with Crippen molar-refractivity contribution in [3.8, 4) is 11.5 Å². The Kier molecular flexibility index (Phi) is 2.62. The van der Waals surface area contributed by atoms with Crippen LogP contribution in [0.4, 0.5) is 0 Å². The molecule has 6 nitrogen and oxygen atoms in total. The predicted octanol–water partition coefficient (Wildman–Crippen LogP) is 1.65. The molecule has 0 fully saturated rings. The molecule has 0 saturated heterocycles. The van der Waals surface area contributed by atoms with E-state index in [1.807, 2.05) is 0 Å². The van der Waals surface area contributed by atoms with Crippen molar-refractivity contribution in [1.29, 1.82) is 0 Å². The van der Waals surface area contributed by atoms with Crippen molar-refractivity contribution in [3.05, 3.63) is 29.1 Å². The summed E-state index contributed by atoms with van der Waals surface area (Å²) in [4.78, 5) is -0.0563. The SMILES string of the molecule is O=S(=O)(O)c1ccc(-c2n[nH]c(=S)o2)cc1. The third kappa shape index (κ3) is 2.18. The number of nitrogens with zero attached hydrogens (tertiary/aromatic N) is 1. The lowest BCUT2D eigenvalue weighted by Gasteiger charge is -1.97. The van der Waals surface area contributed by atoms with Gasteiger partial charge in [0.1, 0.15) is 0 Å². The molecule has 0 unspecified atom stereocenters. The molecule has 2 N–H and O–H groups in total. The van der Waals surface area contributed by atoms with E-state index >= 15 is 0 Å². The molecule has 2 rings (SSSR count). The maximum atomic E-state index is 10.8. The Morgan fingerprint density at radius 1 is 1.31 bits per heavy atom. The smallest absolute Gasteiger partial charge is 0.294 e. The van der Waals surface area contributed by atoms with Gasteiger partial charge in [0.05, 0.1) is 4.90 Å². The van der Waals surface area contributed by atoms with Crippen molar-refractivity contribution in [2.45, 2.75) is 4.90 Å². The Labute approximate surface area is 95.7 Å². The van der Waals surface area contributed by atoms with Gasteiger partial charge < -0.3 is 4.42 Å². The first-order chi connectivity index (χ1) is 7.47. The molecule has 0 bridgehead atoms. The van der Waals surface area contributed by atoms with Gasteiger partial charge in [-0.15, -0.1) is 5.10 Å². The van der Waals surface area contributed by atoms with Crippen molar-refractivity contribution in [3.63, 3.8) is 0 Å². The molecule has 2 aromatic rings. The number of benzene rings is 1. The Balaban J connectivity index is 2.44. The number of H-pyrrole nitrogens is 1. The molecule has 0 aliphatic carbocycles. The molecule has 8 heteroatoms. The molecule has 0 saturated carbocycles. The van der Waals surface area contributed by atoms with Crippen molar-refractivity contribution in [1.82, 2.24) is 10.2 Å². The molecule has 0 aliphatic heterocycles. The number of nitrogens with one attached hydrogen (secondary N) is 1. The first-order valence-corrected chi connectivity index (χ1v) is 5.95. The predicted molar refractivity (Wildman–Crippen MR) is 56.9 cm³/mol. The van der Waals surface area contributed by atoms with E-state index in [0.29, 0.717) is 5.56 Å². The third-order valence-electron chi connectivity index (χ3n) is 1.84. The first kappa shape index (κ1) is 11.0. The Hall–Kier alpha value is -1.51. The van der Waals surface area contributed by atoms with Crippen molar-refractivity contribution in [2.75, 3.05) is 0 Å². The molecule has 16 heavy (non-hydrogen) atoms. The highest BCUT2D eigenvalue weighted by Gasteiger charge is 2.10. The molecule has 1 aromatic carbocycles. The standard InChI is InChI=1S/C8H6N2O4S2/c11-16(12,13)6-3-1-5(2-4-6)7-9-10-8(15)14-7/h1-4H,(H,10,15)(H,11,12,13). The summed E-state index contributed by atoms with van der Waals surface area (Å²) in [7, 11) is -4.18. The van der Waals surface area contributed by atoms with Crippen molar-refractivity contribution < 1.29 is 17.4 Å². The monoisotopic (exact) mass is 258 g/mol. The summed E-state index contributed by atoms with van der Waals surface area (Å²) in [6.07, 6.45) is 0. The summed E-state index contributed by atoms with van der Waals surface area (Å²) in [5, 5.41) is 6.21. The molecular formula is C8H6N2O4S2. The van der Waals surface area contributed by atoms with E-state index in [-0.39, 0.29) is 15.6 Å². The van der Waals surface area contributed by atoms with E-state index in [9.17, 15) is 8.42 Å². The molecule has 0 atom stereocenters. The van der Waals surface area contributed by atoms with Crippen molar-refractivity contribution >= 4 is 22.3 Å². The summed E-state index contributed by atoms with van der Waals surface area (Å²) < 4.78 is 35.4. The highest BCUT2D eigenvalue weighted by Crippen LogP contribution is 2.18. The van der Waals surface area contributed by atoms with Crippen LogP contribution in [-0.2, 0) is 10.1 Å². The number of aromatic nitrogens is 2. The van der Waals surface area contributed by atoms with Crippen LogP contribution in [0.2, 0.25) is 0 Å². The lowest BCUT2D eigenvalue weighted by atomic mass is 10.2. The van der Waals surface area contributed by atoms with Gasteiger partial charge in [-0.1, -0.05) is 0 Å². The van der Waals surface area contributed by atoms with Crippen LogP contribution in [0.15, 0.2) is 33.6 Å². The molecule has 0 spiro atoms. The fourth-order valence-electron chi connectivity index (χ4n) is 1.12. The van der Waals surface area contributed by atoms with Gasteiger partial charge in [0.15, 0.2) is 0 Å². The van der Waals surface area contributed by atoms with Gasteiger partial charge in [0, 0.05) is 5.56 Å². The third-order valence-corrected chi connectivity index (χ3v) is 2.88. The molecule has 1 aromatic heterocycles. The maximum absolute atomic E-state index is 10.8. The minimum Gasteiger partial charge on any atom is -0.409 e. The normalized spacial score (nSPS) is 11.6. The zero-order chi connectivity index (χ0) is 11.8. The quantitative estimate of drug-likeness (QED) is 0.628. The number of aromatic amines is 1. The van der Waals surface area contributed by atoms with Crippen LogP contribution in [0.1, 0.15) is 0 Å². The summed E-state index contributed by atoms with van der Waals surface area (Å²) in [5.74, 6) is 0.256. The second kappa shape index (κ2) is 3.81. The van der Waals surface area contributed by atoms with E-state index in [2.05, 4.69) is 10.2 Å². The van der Waals surface area contributed by atoms with Gasteiger partial charge in [0.2, 0.25) is 5.89 Å². The number of rotatable bonds is 2. The van der Waals surface area contributed by atoms with E-state index in [4.69, 9.17) is 21.2 Å². The average molecular weight is 258 g/mol. The molecule has 0 aliphatic rings. The van der Waals surface area contributed by atoms with Crippen LogP contribution in [0.3, 0.4) is 0 Å². The highest BCUT2D eigenvalue weighted by molar-refractivity contribution is 7.85. The first-order valence-electron chi connectivity index (χ1n) is 4.10. The number of hydrogen-bond donors (Lipinski definition) is 2. The van der Waals surface area contributed by atoms with Crippen LogP contribution in [0, 0.1) is 4.84 Å². The largest absolute Gasteiger partial charge is 0.409 e. The molecule has 1 heterocycles. The minimum atomic E-state index is -4.18. The van der Waals surface area contributed by atoms with Crippen LogP contribution >= 0.6 is 12.2 Å². The topological polar surface area (TPSA) is 96.2 Å². The van der Waals surface area contributed by atoms with Gasteiger partial charge in [0.25, 0.3) is 15.0 Å². The van der Waals surface area contributed by atoms with Gasteiger partial charge in [-0.05, 0) is 36.5 Å². The Bertz CT molecular complexity index is 654. The summed E-state index contributed by atoms with van der Waals surface area (Å²) in [6.45, 7) is 0. The zero-order valence-electron chi connectivity index (χ0n) is 7.75. The highest BCUT2D eigenvalue weighted by atomic mass is 32.2. The van der Waals surface area contributed by atoms with Crippen LogP contribution in [-0.4, -0.2) is 23.2 Å². The van der Waals surface area contributed by atoms with E-state index in [1.54, 1.807) is 0 Å². The maximum Gasteiger partial charge on any atom is 0.294 e. The second-order valence-corrected chi connectivity index (χ2v) is 4.71. The van der Waals surface area contributed by atoms with Crippen molar-refractivity contribution in [2.24, 2.45) is 0 Å². The molecule has 84 valence electrons. The lowest BCUT2D eigenvalue weighted by Crippen LogP contribution is -1.97. The van der Waals surface area contributed by atoms with Gasteiger partial charge >= 0.3 is 0 Å². The zero-order valence-corrected chi connectivity index (χ0v) is 9.38. The number of hydrogen-bond acceptors (Lipinski definition) is 5. The lowest BCUT2D eigenvalue weighted by molar-refractivity contribution is 0.483. The molecule has 0 amide bonds. The van der Waals surface area contributed by atoms with E-state index in [1.165, 1.54) is 24.3 Å². The van der Waals surface area contributed by atoms with Crippen LogP contribution in [0.5, 0.6) is 0 Å². The van der Waals surface area contributed by atoms with E-state index < -0.39 is 10.1 Å². The second-order valence-electron chi connectivity index (χ2n) is 2.92. The summed E-state index contributed by atoms with van der Waals surface area (Å²) in [5.41, 5.74) is 0.555. The average Bonchev–Trinajstić information content (AvgIpc) is 2.64. The Morgan fingerprint density at radius 2 is 1.94 bits per heavy atom. The van der Waals surface area contributed by atoms with Crippen LogP contribution in [0.25, 0.3) is 11.5 Å². The Morgan fingerprint density at radius 3 is 2.38 bits per heavy atom. The minimum absolute atomic E-state index is 0.133. The molecular weight excluding hydrogens is 252 g/mol. The van der Waals surface area contributed by atoms with Gasteiger partial charge in [-0.25, -0.2) is 5.10 Å². The van der Waals surface area contributed by atoms with Gasteiger partial charge in [-0.2, -0.15) is 8.42 Å². The van der Waals surface area contributed by atoms with E-state index in [0.717, 1.165) is 0 Å². The fourth-order valence-corrected chi connectivity index (χ4v) is 1.73.